The molecule has 0 radical (unpaired) electrons. The zero-order valence-corrected chi connectivity index (χ0v) is 17.8. The maximum Gasteiger partial charge on any atom is 0.257 e. The third-order valence-corrected chi connectivity index (χ3v) is 5.32. The molecule has 0 N–H and O–H groups in total. The fraction of sp³-hybridized carbons (Fsp3) is 0.333. The van der Waals surface area contributed by atoms with E-state index in [0.29, 0.717) is 65.3 Å². The molecule has 2 amide bonds. The van der Waals surface area contributed by atoms with Crippen LogP contribution in [0.15, 0.2) is 36.4 Å². The normalized spacial score (nSPS) is 14.3. The first-order valence-electron chi connectivity index (χ1n) is 9.20. The zero-order chi connectivity index (χ0) is 21.0. The van der Waals surface area contributed by atoms with Gasteiger partial charge in [0.15, 0.2) is 0 Å². The average molecular weight is 437 g/mol. The van der Waals surface area contributed by atoms with E-state index in [1.807, 2.05) is 0 Å². The Labute approximate surface area is 179 Å². The molecule has 2 aromatic carbocycles. The molecule has 1 aliphatic rings. The summed E-state index contributed by atoms with van der Waals surface area (Å²) in [5.74, 6) is 0.610. The summed E-state index contributed by atoms with van der Waals surface area (Å²) in [5, 5.41) is 0.933. The second-order valence-corrected chi connectivity index (χ2v) is 7.50. The summed E-state index contributed by atoms with van der Waals surface area (Å²) in [7, 11) is 3.03. The molecule has 1 aliphatic heterocycles. The lowest BCUT2D eigenvalue weighted by Gasteiger charge is -2.23. The van der Waals surface area contributed by atoms with Gasteiger partial charge < -0.3 is 19.3 Å². The first-order valence-corrected chi connectivity index (χ1v) is 9.96. The van der Waals surface area contributed by atoms with E-state index in [1.165, 1.54) is 14.2 Å². The number of hydrogen-bond acceptors (Lipinski definition) is 4. The number of carbonyl (C=O) groups is 2. The molecule has 154 valence electrons. The highest BCUT2D eigenvalue weighted by Gasteiger charge is 2.26. The highest BCUT2D eigenvalue weighted by Crippen LogP contribution is 2.26. The van der Waals surface area contributed by atoms with Crippen LogP contribution in [0.1, 0.15) is 27.1 Å². The molecule has 0 aliphatic carbocycles. The van der Waals surface area contributed by atoms with E-state index < -0.39 is 0 Å². The first kappa shape index (κ1) is 21.3. The summed E-state index contributed by atoms with van der Waals surface area (Å²) >= 11 is 12.1. The predicted octanol–water partition coefficient (Wildman–Crippen LogP) is 4.00. The molecule has 0 bridgehead atoms. The average Bonchev–Trinajstić information content (AvgIpc) is 2.99. The molecule has 6 nitrogen and oxygen atoms in total. The van der Waals surface area contributed by atoms with Crippen LogP contribution < -0.4 is 9.47 Å². The molecule has 8 heteroatoms. The fourth-order valence-corrected chi connectivity index (χ4v) is 3.70. The molecular weight excluding hydrogens is 415 g/mol. The summed E-state index contributed by atoms with van der Waals surface area (Å²) in [6, 6.07) is 9.92. The maximum atomic E-state index is 13.0. The second kappa shape index (κ2) is 9.37. The summed E-state index contributed by atoms with van der Waals surface area (Å²) in [6.45, 7) is 1.88. The number of amides is 2. The molecule has 3 rings (SSSR count). The van der Waals surface area contributed by atoms with Gasteiger partial charge in [-0.1, -0.05) is 23.2 Å². The molecule has 0 atom stereocenters. The van der Waals surface area contributed by atoms with Crippen molar-refractivity contribution < 1.29 is 19.1 Å². The van der Waals surface area contributed by atoms with Crippen LogP contribution in [0.2, 0.25) is 10.0 Å². The van der Waals surface area contributed by atoms with Crippen molar-refractivity contribution in [3.05, 3.63) is 57.6 Å². The van der Waals surface area contributed by atoms with Crippen LogP contribution in [0, 0.1) is 0 Å². The molecule has 1 fully saturated rings. The zero-order valence-electron chi connectivity index (χ0n) is 16.3. The van der Waals surface area contributed by atoms with E-state index in [9.17, 15) is 9.59 Å². The molecule has 0 aromatic heterocycles. The minimum absolute atomic E-state index is 0.168. The molecule has 0 saturated carbocycles. The minimum atomic E-state index is -0.168. The van der Waals surface area contributed by atoms with Gasteiger partial charge in [-0.3, -0.25) is 9.59 Å². The molecule has 0 spiro atoms. The van der Waals surface area contributed by atoms with Gasteiger partial charge in [0.2, 0.25) is 0 Å². The van der Waals surface area contributed by atoms with Crippen molar-refractivity contribution in [1.29, 1.82) is 0 Å². The summed E-state index contributed by atoms with van der Waals surface area (Å²) in [6.07, 6.45) is 0.656. The van der Waals surface area contributed by atoms with Crippen LogP contribution in [-0.2, 0) is 0 Å². The predicted molar refractivity (Wildman–Crippen MR) is 112 cm³/mol. The van der Waals surface area contributed by atoms with E-state index in [2.05, 4.69) is 0 Å². The van der Waals surface area contributed by atoms with Crippen molar-refractivity contribution >= 4 is 35.0 Å². The highest BCUT2D eigenvalue weighted by molar-refractivity contribution is 6.31. The monoisotopic (exact) mass is 436 g/mol. The van der Waals surface area contributed by atoms with Gasteiger partial charge in [0, 0.05) is 36.2 Å². The van der Waals surface area contributed by atoms with E-state index >= 15 is 0 Å². The number of nitrogens with zero attached hydrogens (tertiary/aromatic N) is 2. The van der Waals surface area contributed by atoms with Gasteiger partial charge in [0.05, 0.1) is 25.3 Å². The Balaban J connectivity index is 1.76. The molecule has 29 heavy (non-hydrogen) atoms. The van der Waals surface area contributed by atoms with Crippen LogP contribution in [0.4, 0.5) is 0 Å². The van der Waals surface area contributed by atoms with Crippen LogP contribution in [0.25, 0.3) is 0 Å². The van der Waals surface area contributed by atoms with Gasteiger partial charge in [0.25, 0.3) is 11.8 Å². The van der Waals surface area contributed by atoms with Gasteiger partial charge >= 0.3 is 0 Å². The number of halogens is 2. The van der Waals surface area contributed by atoms with Crippen molar-refractivity contribution in [3.8, 4) is 11.5 Å². The van der Waals surface area contributed by atoms with E-state index in [0.717, 1.165) is 0 Å². The Morgan fingerprint density at radius 3 is 1.55 bits per heavy atom. The van der Waals surface area contributed by atoms with Gasteiger partial charge in [-0.15, -0.1) is 0 Å². The number of methoxy groups -OCH3 is 2. The lowest BCUT2D eigenvalue weighted by Crippen LogP contribution is -2.37. The number of carbonyl (C=O) groups excluding carboxylic acids is 2. The largest absolute Gasteiger partial charge is 0.496 e. The fourth-order valence-electron chi connectivity index (χ4n) is 3.36. The Kier molecular flexibility index (Phi) is 6.87. The Bertz CT molecular complexity index is 846. The van der Waals surface area contributed by atoms with E-state index in [1.54, 1.807) is 46.2 Å². The number of hydrogen-bond donors (Lipinski definition) is 0. The van der Waals surface area contributed by atoms with Crippen LogP contribution in [-0.4, -0.2) is 62.0 Å². The van der Waals surface area contributed by atoms with Crippen LogP contribution in [0.3, 0.4) is 0 Å². The standard InChI is InChI=1S/C21H22Cl2N2O4/c1-28-18-6-4-14(22)12-16(18)20(26)24-8-3-9-25(11-10-24)21(27)17-13-15(23)5-7-19(17)29-2/h4-7,12-13H,3,8-11H2,1-2H3. The van der Waals surface area contributed by atoms with Gasteiger partial charge in [-0.2, -0.15) is 0 Å². The van der Waals surface area contributed by atoms with Crippen molar-refractivity contribution in [2.24, 2.45) is 0 Å². The van der Waals surface area contributed by atoms with Gasteiger partial charge in [-0.25, -0.2) is 0 Å². The van der Waals surface area contributed by atoms with Crippen molar-refractivity contribution in [2.45, 2.75) is 6.42 Å². The Hall–Kier alpha value is -2.44. The Morgan fingerprint density at radius 1 is 0.759 bits per heavy atom. The second-order valence-electron chi connectivity index (χ2n) is 6.63. The van der Waals surface area contributed by atoms with E-state index in [-0.39, 0.29) is 11.8 Å². The molecule has 1 saturated heterocycles. The topological polar surface area (TPSA) is 59.1 Å². The third kappa shape index (κ3) is 4.77. The molecule has 2 aromatic rings. The smallest absolute Gasteiger partial charge is 0.257 e. The minimum Gasteiger partial charge on any atom is -0.496 e. The quantitative estimate of drug-likeness (QED) is 0.726. The molecule has 1 heterocycles. The number of rotatable bonds is 4. The van der Waals surface area contributed by atoms with Crippen LogP contribution in [0.5, 0.6) is 11.5 Å². The Morgan fingerprint density at radius 2 is 1.17 bits per heavy atom. The van der Waals surface area contributed by atoms with E-state index in [4.69, 9.17) is 32.7 Å². The van der Waals surface area contributed by atoms with Gasteiger partial charge in [0.1, 0.15) is 11.5 Å². The number of ether oxygens (including phenoxy) is 2. The lowest BCUT2D eigenvalue weighted by atomic mass is 10.1. The van der Waals surface area contributed by atoms with Crippen molar-refractivity contribution in [1.82, 2.24) is 9.80 Å². The third-order valence-electron chi connectivity index (χ3n) is 4.85. The van der Waals surface area contributed by atoms with Crippen molar-refractivity contribution in [2.75, 3.05) is 40.4 Å². The number of benzene rings is 2. The molecular formula is C21H22Cl2N2O4. The van der Waals surface area contributed by atoms with Gasteiger partial charge in [-0.05, 0) is 42.8 Å². The summed E-state index contributed by atoms with van der Waals surface area (Å²) < 4.78 is 10.6. The summed E-state index contributed by atoms with van der Waals surface area (Å²) in [5.41, 5.74) is 0.826. The highest BCUT2D eigenvalue weighted by atomic mass is 35.5. The summed E-state index contributed by atoms with van der Waals surface area (Å²) in [4.78, 5) is 29.5. The maximum absolute atomic E-state index is 13.0. The van der Waals surface area contributed by atoms with Crippen LogP contribution >= 0.6 is 23.2 Å². The lowest BCUT2D eigenvalue weighted by molar-refractivity contribution is 0.0715. The first-order chi connectivity index (χ1) is 13.9. The van der Waals surface area contributed by atoms with Crippen molar-refractivity contribution in [3.63, 3.8) is 0 Å². The SMILES string of the molecule is COc1ccc(Cl)cc1C(=O)N1CCCN(C(=O)c2cc(Cl)ccc2OC)CC1. The molecule has 0 unspecified atom stereocenters.